The van der Waals surface area contributed by atoms with Crippen molar-refractivity contribution in [1.82, 2.24) is 0 Å². The summed E-state index contributed by atoms with van der Waals surface area (Å²) in [5.41, 5.74) is 3.44. The number of benzene rings is 1. The summed E-state index contributed by atoms with van der Waals surface area (Å²) in [4.78, 5) is 0. The van der Waals surface area contributed by atoms with E-state index in [0.29, 0.717) is 5.54 Å². The first-order chi connectivity index (χ1) is 6.42. The highest BCUT2D eigenvalue weighted by atomic mass is 28.2. The fourth-order valence-electron chi connectivity index (χ4n) is 1.71. The van der Waals surface area contributed by atoms with Crippen LogP contribution in [0, 0.1) is 0 Å². The van der Waals surface area contributed by atoms with Gasteiger partial charge in [0.25, 0.3) is 0 Å². The predicted molar refractivity (Wildman–Crippen MR) is 58.4 cm³/mol. The highest BCUT2D eigenvalue weighted by molar-refractivity contribution is 6.31. The summed E-state index contributed by atoms with van der Waals surface area (Å²) < 4.78 is 5.56. The molecule has 1 atom stereocenters. The van der Waals surface area contributed by atoms with Gasteiger partial charge in [0.1, 0.15) is 0 Å². The first kappa shape index (κ1) is 8.72. The lowest BCUT2D eigenvalue weighted by molar-refractivity contribution is 0.357. The molecule has 0 amide bonds. The molecule has 0 bridgehead atoms. The van der Waals surface area contributed by atoms with Gasteiger partial charge in [-0.25, -0.2) is 0 Å². The van der Waals surface area contributed by atoms with E-state index in [0.717, 1.165) is 6.61 Å². The molecule has 0 aromatic heterocycles. The molecule has 0 saturated heterocycles. The minimum absolute atomic E-state index is 0.408. The smallest absolute Gasteiger partial charge is 0.172 e. The standard InChI is InChI=1S/C11H14OSi/c1-2-12-13-11-8-7-9-5-3-4-6-10(9)11/h3-8,11H,2,13H2,1H3. The van der Waals surface area contributed by atoms with Crippen molar-refractivity contribution in [2.24, 2.45) is 0 Å². The van der Waals surface area contributed by atoms with E-state index in [4.69, 9.17) is 4.43 Å². The van der Waals surface area contributed by atoms with Crippen LogP contribution in [-0.4, -0.2) is 16.4 Å². The number of hydrogen-bond acceptors (Lipinski definition) is 1. The van der Waals surface area contributed by atoms with Crippen LogP contribution in [-0.2, 0) is 4.43 Å². The van der Waals surface area contributed by atoms with Crippen LogP contribution in [0.4, 0.5) is 0 Å². The molecule has 1 aromatic carbocycles. The Hall–Kier alpha value is -0.863. The molecule has 1 unspecified atom stereocenters. The van der Waals surface area contributed by atoms with Crippen LogP contribution in [0.15, 0.2) is 30.3 Å². The first-order valence-corrected chi connectivity index (χ1v) is 6.16. The minimum atomic E-state index is -0.408. The molecule has 1 aliphatic carbocycles. The zero-order valence-corrected chi connectivity index (χ0v) is 9.28. The van der Waals surface area contributed by atoms with E-state index in [2.05, 4.69) is 43.3 Å². The van der Waals surface area contributed by atoms with Crippen LogP contribution in [0.25, 0.3) is 6.08 Å². The molecule has 0 radical (unpaired) electrons. The summed E-state index contributed by atoms with van der Waals surface area (Å²) in [6, 6.07) is 8.59. The normalized spacial score (nSPS) is 19.9. The van der Waals surface area contributed by atoms with Gasteiger partial charge in [-0.15, -0.1) is 0 Å². The second-order valence-electron chi connectivity index (χ2n) is 3.25. The van der Waals surface area contributed by atoms with Gasteiger partial charge in [-0.2, -0.15) is 0 Å². The Balaban J connectivity index is 2.14. The molecule has 0 saturated carbocycles. The molecule has 13 heavy (non-hydrogen) atoms. The highest BCUT2D eigenvalue weighted by Crippen LogP contribution is 2.28. The van der Waals surface area contributed by atoms with Crippen molar-refractivity contribution < 1.29 is 4.43 Å². The van der Waals surface area contributed by atoms with Gasteiger partial charge in [-0.3, -0.25) is 0 Å². The van der Waals surface area contributed by atoms with Gasteiger partial charge in [0.2, 0.25) is 0 Å². The van der Waals surface area contributed by atoms with E-state index in [1.165, 1.54) is 11.1 Å². The first-order valence-electron chi connectivity index (χ1n) is 4.76. The fourth-order valence-corrected chi connectivity index (χ4v) is 3.00. The molecule has 0 heterocycles. The lowest BCUT2D eigenvalue weighted by Gasteiger charge is -2.09. The van der Waals surface area contributed by atoms with Crippen LogP contribution >= 0.6 is 0 Å². The molecule has 0 spiro atoms. The van der Waals surface area contributed by atoms with E-state index in [-0.39, 0.29) is 0 Å². The third kappa shape index (κ3) is 1.74. The van der Waals surface area contributed by atoms with Crippen LogP contribution in [0.3, 0.4) is 0 Å². The minimum Gasteiger partial charge on any atom is -0.423 e. The number of rotatable bonds is 3. The maximum atomic E-state index is 5.56. The predicted octanol–water partition coefficient (Wildman–Crippen LogP) is 1.87. The van der Waals surface area contributed by atoms with E-state index in [1.807, 2.05) is 0 Å². The Morgan fingerprint density at radius 1 is 1.38 bits per heavy atom. The second-order valence-corrected chi connectivity index (χ2v) is 4.88. The molecule has 0 N–H and O–H groups in total. The van der Waals surface area contributed by atoms with E-state index in [9.17, 15) is 0 Å². The molecular weight excluding hydrogens is 176 g/mol. The van der Waals surface area contributed by atoms with Crippen LogP contribution in [0.2, 0.25) is 0 Å². The van der Waals surface area contributed by atoms with Crippen LogP contribution in [0.1, 0.15) is 23.6 Å². The van der Waals surface area contributed by atoms with Crippen molar-refractivity contribution in [1.29, 1.82) is 0 Å². The lowest BCUT2D eigenvalue weighted by atomic mass is 10.1. The van der Waals surface area contributed by atoms with Gasteiger partial charge in [-0.05, 0) is 18.1 Å². The van der Waals surface area contributed by atoms with Gasteiger partial charge in [-0.1, -0.05) is 36.4 Å². The average molecular weight is 190 g/mol. The largest absolute Gasteiger partial charge is 0.423 e. The Kier molecular flexibility index (Phi) is 2.61. The van der Waals surface area contributed by atoms with Crippen molar-refractivity contribution in [2.45, 2.75) is 12.5 Å². The zero-order chi connectivity index (χ0) is 9.10. The van der Waals surface area contributed by atoms with Crippen LogP contribution < -0.4 is 0 Å². The van der Waals surface area contributed by atoms with Crippen molar-refractivity contribution in [2.75, 3.05) is 6.61 Å². The third-order valence-corrected chi connectivity index (χ3v) is 4.12. The maximum absolute atomic E-state index is 5.56. The molecule has 1 aliphatic rings. The molecule has 1 aromatic rings. The van der Waals surface area contributed by atoms with Gasteiger partial charge in [0.05, 0.1) is 0 Å². The van der Waals surface area contributed by atoms with Crippen molar-refractivity contribution in [3.63, 3.8) is 0 Å². The average Bonchev–Trinajstić information content (AvgIpc) is 2.58. The molecule has 0 fully saturated rings. The topological polar surface area (TPSA) is 9.23 Å². The van der Waals surface area contributed by atoms with Crippen molar-refractivity contribution >= 4 is 15.8 Å². The Morgan fingerprint density at radius 2 is 2.23 bits per heavy atom. The number of allylic oxidation sites excluding steroid dienone is 1. The van der Waals surface area contributed by atoms with E-state index < -0.39 is 9.76 Å². The molecular formula is C11H14OSi. The Bertz CT molecular complexity index is 320. The highest BCUT2D eigenvalue weighted by Gasteiger charge is 2.16. The summed E-state index contributed by atoms with van der Waals surface area (Å²) in [7, 11) is -0.408. The SMILES string of the molecule is CCO[SiH2]C1C=Cc2ccccc21. The van der Waals surface area contributed by atoms with Gasteiger partial charge < -0.3 is 4.43 Å². The van der Waals surface area contributed by atoms with Crippen LogP contribution in [0.5, 0.6) is 0 Å². The van der Waals surface area contributed by atoms with Gasteiger partial charge in [0.15, 0.2) is 9.76 Å². The zero-order valence-electron chi connectivity index (χ0n) is 7.86. The summed E-state index contributed by atoms with van der Waals surface area (Å²) in [6.07, 6.45) is 4.50. The fraction of sp³-hybridized carbons (Fsp3) is 0.273. The second kappa shape index (κ2) is 3.90. The van der Waals surface area contributed by atoms with E-state index in [1.54, 1.807) is 0 Å². The monoisotopic (exact) mass is 190 g/mol. The van der Waals surface area contributed by atoms with Crippen molar-refractivity contribution in [3.8, 4) is 0 Å². The molecule has 0 aliphatic heterocycles. The summed E-state index contributed by atoms with van der Waals surface area (Å²) in [5, 5.41) is 0. The molecule has 68 valence electrons. The molecule has 1 nitrogen and oxygen atoms in total. The van der Waals surface area contributed by atoms with E-state index >= 15 is 0 Å². The lowest BCUT2D eigenvalue weighted by Crippen LogP contribution is -2.08. The van der Waals surface area contributed by atoms with Gasteiger partial charge in [0, 0.05) is 12.1 Å². The molecule has 2 heteroatoms. The third-order valence-electron chi connectivity index (χ3n) is 2.41. The number of fused-ring (bicyclic) bond motifs is 1. The molecule has 2 rings (SSSR count). The maximum Gasteiger partial charge on any atom is 0.172 e. The Labute approximate surface area is 81.4 Å². The Morgan fingerprint density at radius 3 is 3.08 bits per heavy atom. The summed E-state index contributed by atoms with van der Waals surface area (Å²) in [6.45, 7) is 2.93. The number of hydrogen-bond donors (Lipinski definition) is 0. The summed E-state index contributed by atoms with van der Waals surface area (Å²) >= 11 is 0. The quantitative estimate of drug-likeness (QED) is 0.661. The van der Waals surface area contributed by atoms with Gasteiger partial charge >= 0.3 is 0 Å². The summed E-state index contributed by atoms with van der Waals surface area (Å²) in [5.74, 6) is 0. The van der Waals surface area contributed by atoms with Crippen molar-refractivity contribution in [3.05, 3.63) is 41.5 Å².